The van der Waals surface area contributed by atoms with Gasteiger partial charge in [0.25, 0.3) is 0 Å². The monoisotopic (exact) mass is 559 g/mol. The normalized spacial score (nSPS) is 11.2. The Morgan fingerprint density at radius 3 is 1.32 bits per heavy atom. The fourth-order valence-corrected chi connectivity index (χ4v) is 6.33. The van der Waals surface area contributed by atoms with Crippen molar-refractivity contribution in [1.82, 2.24) is 4.98 Å². The van der Waals surface area contributed by atoms with Crippen LogP contribution >= 0.6 is 0 Å². The van der Waals surface area contributed by atoms with Gasteiger partial charge in [-0.2, -0.15) is 0 Å². The van der Waals surface area contributed by atoms with E-state index in [-0.39, 0.29) is 0 Å². The van der Waals surface area contributed by atoms with Gasteiger partial charge in [0.05, 0.1) is 11.4 Å². The van der Waals surface area contributed by atoms with Crippen LogP contribution in [0.1, 0.15) is 0 Å². The predicted molar refractivity (Wildman–Crippen MR) is 186 cm³/mol. The summed E-state index contributed by atoms with van der Waals surface area (Å²) in [6.45, 7) is 0. The summed E-state index contributed by atoms with van der Waals surface area (Å²) in [5.41, 5.74) is 11.4. The van der Waals surface area contributed by atoms with Gasteiger partial charge in [-0.25, -0.2) is 4.98 Å². The molecular formula is C43H29N. The number of hydrogen-bond acceptors (Lipinski definition) is 1. The zero-order valence-electron chi connectivity index (χ0n) is 24.2. The summed E-state index contributed by atoms with van der Waals surface area (Å²) >= 11 is 0. The molecule has 0 aliphatic carbocycles. The highest BCUT2D eigenvalue weighted by Crippen LogP contribution is 2.39. The molecule has 0 spiro atoms. The molecule has 1 heteroatoms. The van der Waals surface area contributed by atoms with Crippen molar-refractivity contribution < 1.29 is 0 Å². The first kappa shape index (κ1) is 25.9. The van der Waals surface area contributed by atoms with Gasteiger partial charge in [0.15, 0.2) is 0 Å². The summed E-state index contributed by atoms with van der Waals surface area (Å²) in [6, 6.07) is 62.8. The van der Waals surface area contributed by atoms with Crippen LogP contribution in [0.3, 0.4) is 0 Å². The van der Waals surface area contributed by atoms with Gasteiger partial charge < -0.3 is 0 Å². The highest BCUT2D eigenvalue weighted by molar-refractivity contribution is 6.06. The second-order valence-corrected chi connectivity index (χ2v) is 11.2. The van der Waals surface area contributed by atoms with E-state index < -0.39 is 0 Å². The van der Waals surface area contributed by atoms with Crippen molar-refractivity contribution in [2.45, 2.75) is 0 Å². The number of rotatable bonds is 5. The number of hydrogen-bond donors (Lipinski definition) is 0. The van der Waals surface area contributed by atoms with E-state index in [4.69, 9.17) is 4.98 Å². The fraction of sp³-hybridized carbons (Fsp3) is 0. The molecule has 0 saturated carbocycles. The lowest BCUT2D eigenvalue weighted by Gasteiger charge is -2.15. The maximum Gasteiger partial charge on any atom is 0.0715 e. The van der Waals surface area contributed by atoms with Crippen LogP contribution in [0.5, 0.6) is 0 Å². The van der Waals surface area contributed by atoms with Gasteiger partial charge in [0, 0.05) is 11.1 Å². The van der Waals surface area contributed by atoms with Crippen LogP contribution in [0, 0.1) is 0 Å². The Labute approximate surface area is 257 Å². The van der Waals surface area contributed by atoms with Gasteiger partial charge in [0.2, 0.25) is 0 Å². The van der Waals surface area contributed by atoms with Crippen LogP contribution in [-0.2, 0) is 0 Å². The lowest BCUT2D eigenvalue weighted by atomic mass is 9.90. The molecule has 0 N–H and O–H groups in total. The molecule has 1 aromatic heterocycles. The summed E-state index contributed by atoms with van der Waals surface area (Å²) in [5, 5.41) is 4.99. The Balaban J connectivity index is 1.29. The third kappa shape index (κ3) is 4.75. The number of nitrogens with zero attached hydrogens (tertiary/aromatic N) is 1. The Bertz CT molecular complexity index is 2200. The molecule has 0 fully saturated rings. The van der Waals surface area contributed by atoms with E-state index in [1.807, 2.05) is 12.1 Å². The molecule has 0 aliphatic rings. The van der Waals surface area contributed by atoms with Gasteiger partial charge in [-0.1, -0.05) is 158 Å². The van der Waals surface area contributed by atoms with E-state index in [9.17, 15) is 0 Å². The number of aromatic nitrogens is 1. The molecule has 44 heavy (non-hydrogen) atoms. The molecule has 0 unspecified atom stereocenters. The summed E-state index contributed by atoms with van der Waals surface area (Å²) < 4.78 is 0. The molecule has 0 bridgehead atoms. The Morgan fingerprint density at radius 1 is 0.273 bits per heavy atom. The van der Waals surface area contributed by atoms with Gasteiger partial charge in [0.1, 0.15) is 0 Å². The molecule has 8 aromatic rings. The van der Waals surface area contributed by atoms with Crippen molar-refractivity contribution in [1.29, 1.82) is 0 Å². The van der Waals surface area contributed by atoms with Crippen LogP contribution < -0.4 is 0 Å². The van der Waals surface area contributed by atoms with Gasteiger partial charge in [-0.3, -0.25) is 0 Å². The lowest BCUT2D eigenvalue weighted by Crippen LogP contribution is -1.92. The van der Waals surface area contributed by atoms with E-state index in [0.717, 1.165) is 28.1 Å². The second kappa shape index (κ2) is 11.1. The van der Waals surface area contributed by atoms with Crippen LogP contribution in [0.15, 0.2) is 176 Å². The summed E-state index contributed by atoms with van der Waals surface area (Å²) in [6.07, 6.45) is 0. The first-order chi connectivity index (χ1) is 21.8. The second-order valence-electron chi connectivity index (χ2n) is 11.2. The van der Waals surface area contributed by atoms with Crippen LogP contribution in [0.25, 0.3) is 77.4 Å². The molecule has 8 rings (SSSR count). The zero-order valence-corrected chi connectivity index (χ0v) is 24.2. The molecule has 0 amide bonds. The molecule has 206 valence electrons. The highest BCUT2D eigenvalue weighted by Gasteiger charge is 2.14. The average molecular weight is 560 g/mol. The van der Waals surface area contributed by atoms with Crippen molar-refractivity contribution in [3.05, 3.63) is 176 Å². The van der Waals surface area contributed by atoms with Crippen molar-refractivity contribution in [2.24, 2.45) is 0 Å². The van der Waals surface area contributed by atoms with Gasteiger partial charge in [-0.05, 0) is 73.1 Å². The highest BCUT2D eigenvalue weighted by atomic mass is 14.7. The van der Waals surface area contributed by atoms with Crippen molar-refractivity contribution in [3.8, 4) is 55.9 Å². The van der Waals surface area contributed by atoms with E-state index >= 15 is 0 Å². The van der Waals surface area contributed by atoms with Crippen molar-refractivity contribution in [3.63, 3.8) is 0 Å². The number of fused-ring (bicyclic) bond motifs is 2. The van der Waals surface area contributed by atoms with E-state index in [0.29, 0.717) is 0 Å². The quantitative estimate of drug-likeness (QED) is 0.204. The molecule has 0 aliphatic heterocycles. The van der Waals surface area contributed by atoms with Crippen molar-refractivity contribution in [2.75, 3.05) is 0 Å². The maximum atomic E-state index is 5.10. The number of benzene rings is 7. The fourth-order valence-electron chi connectivity index (χ4n) is 6.33. The van der Waals surface area contributed by atoms with Crippen LogP contribution in [0.4, 0.5) is 0 Å². The Kier molecular flexibility index (Phi) is 6.55. The predicted octanol–water partition coefficient (Wildman–Crippen LogP) is 11.7. The minimum atomic E-state index is 0.970. The minimum Gasteiger partial charge on any atom is -0.248 e. The molecule has 0 saturated heterocycles. The average Bonchev–Trinajstić information content (AvgIpc) is 3.11. The maximum absolute atomic E-state index is 5.10. The third-order valence-corrected chi connectivity index (χ3v) is 8.47. The molecule has 1 nitrogen and oxygen atoms in total. The minimum absolute atomic E-state index is 0.970. The number of pyridine rings is 1. The van der Waals surface area contributed by atoms with Crippen molar-refractivity contribution >= 4 is 21.5 Å². The lowest BCUT2D eigenvalue weighted by molar-refractivity contribution is 1.32. The van der Waals surface area contributed by atoms with E-state index in [1.165, 1.54) is 49.4 Å². The summed E-state index contributed by atoms with van der Waals surface area (Å²) in [5.74, 6) is 0. The van der Waals surface area contributed by atoms with Gasteiger partial charge >= 0.3 is 0 Å². The third-order valence-electron chi connectivity index (χ3n) is 8.47. The van der Waals surface area contributed by atoms with Gasteiger partial charge in [-0.15, -0.1) is 0 Å². The Hall–Kier alpha value is -5.79. The Morgan fingerprint density at radius 2 is 0.705 bits per heavy atom. The molecule has 1 heterocycles. The smallest absolute Gasteiger partial charge is 0.0715 e. The zero-order chi connectivity index (χ0) is 29.3. The molecule has 0 radical (unpaired) electrons. The standard InChI is InChI=1S/C43H29N/c1-3-14-31(15-4-1)42-28-35(29-43(44-42)32-16-5-2-6-17-32)39-26-25-38(40-22-9-10-23-41(39)40)34-20-11-19-33(27-34)37-24-12-18-30-13-7-8-21-36(30)37/h1-29H. The summed E-state index contributed by atoms with van der Waals surface area (Å²) in [4.78, 5) is 5.10. The summed E-state index contributed by atoms with van der Waals surface area (Å²) in [7, 11) is 0. The van der Waals surface area contributed by atoms with E-state index in [1.54, 1.807) is 0 Å². The SMILES string of the molecule is c1ccc(-c2cc(-c3ccc(-c4cccc(-c5cccc6ccccc56)c4)c4ccccc34)cc(-c3ccccc3)n2)cc1. The largest absolute Gasteiger partial charge is 0.248 e. The van der Waals surface area contributed by atoms with Crippen LogP contribution in [-0.4, -0.2) is 4.98 Å². The molecule has 7 aromatic carbocycles. The first-order valence-electron chi connectivity index (χ1n) is 15.1. The molecule has 0 atom stereocenters. The topological polar surface area (TPSA) is 12.9 Å². The van der Waals surface area contributed by atoms with Crippen LogP contribution in [0.2, 0.25) is 0 Å². The van der Waals surface area contributed by atoms with E-state index in [2.05, 4.69) is 164 Å². The molecular weight excluding hydrogens is 530 g/mol. The first-order valence-corrected chi connectivity index (χ1v) is 15.1.